The molecule has 1 aromatic heterocycles. The van der Waals surface area contributed by atoms with E-state index in [0.717, 1.165) is 16.7 Å². The van der Waals surface area contributed by atoms with Crippen molar-refractivity contribution in [3.8, 4) is 11.6 Å². The molecule has 0 bridgehead atoms. The van der Waals surface area contributed by atoms with E-state index in [1.807, 2.05) is 50.3 Å². The van der Waals surface area contributed by atoms with Gasteiger partial charge >= 0.3 is 0 Å². The van der Waals surface area contributed by atoms with Gasteiger partial charge in [0.1, 0.15) is 19.0 Å². The number of hydrogen-bond donors (Lipinski definition) is 0. The molecule has 104 valence electrons. The molecule has 0 radical (unpaired) electrons. The van der Waals surface area contributed by atoms with E-state index >= 15 is 0 Å². The van der Waals surface area contributed by atoms with Gasteiger partial charge < -0.3 is 9.47 Å². The summed E-state index contributed by atoms with van der Waals surface area (Å²) < 4.78 is 11.3. The summed E-state index contributed by atoms with van der Waals surface area (Å²) in [6.07, 6.45) is 3.74. The molecular formula is C17H19NO2. The van der Waals surface area contributed by atoms with Crippen LogP contribution in [0, 0.1) is 0 Å². The van der Waals surface area contributed by atoms with Gasteiger partial charge in [-0.1, -0.05) is 30.4 Å². The largest absolute Gasteiger partial charge is 0.489 e. The van der Waals surface area contributed by atoms with E-state index in [1.165, 1.54) is 5.57 Å². The predicted molar refractivity (Wildman–Crippen MR) is 82.4 cm³/mol. The minimum Gasteiger partial charge on any atom is -0.489 e. The van der Waals surface area contributed by atoms with Crippen LogP contribution in [0.4, 0.5) is 0 Å². The average molecular weight is 269 g/mol. The smallest absolute Gasteiger partial charge is 0.217 e. The number of aromatic nitrogens is 1. The van der Waals surface area contributed by atoms with E-state index in [0.29, 0.717) is 19.1 Å². The van der Waals surface area contributed by atoms with Gasteiger partial charge in [-0.25, -0.2) is 4.98 Å². The molecule has 0 atom stereocenters. The first kappa shape index (κ1) is 14.1. The van der Waals surface area contributed by atoms with Crippen molar-refractivity contribution in [3.05, 3.63) is 54.6 Å². The second kappa shape index (κ2) is 6.75. The summed E-state index contributed by atoms with van der Waals surface area (Å²) >= 11 is 0. The zero-order chi connectivity index (χ0) is 14.4. The summed E-state index contributed by atoms with van der Waals surface area (Å²) in [4.78, 5) is 4.45. The van der Waals surface area contributed by atoms with Gasteiger partial charge in [0.05, 0.1) is 5.52 Å². The first-order valence-corrected chi connectivity index (χ1v) is 6.60. The SMILES string of the molecule is C=CCOc1cc(OCC=C(C)C)c2ccccc2n1. The van der Waals surface area contributed by atoms with E-state index < -0.39 is 0 Å². The second-order valence-electron chi connectivity index (χ2n) is 4.67. The molecule has 0 saturated carbocycles. The third-order valence-electron chi connectivity index (χ3n) is 2.73. The van der Waals surface area contributed by atoms with Crippen LogP contribution in [0.2, 0.25) is 0 Å². The number of fused-ring (bicyclic) bond motifs is 1. The van der Waals surface area contributed by atoms with Crippen molar-refractivity contribution >= 4 is 10.9 Å². The summed E-state index contributed by atoms with van der Waals surface area (Å²) in [7, 11) is 0. The minimum absolute atomic E-state index is 0.429. The van der Waals surface area contributed by atoms with Crippen molar-refractivity contribution in [2.24, 2.45) is 0 Å². The topological polar surface area (TPSA) is 31.4 Å². The molecule has 0 aliphatic heterocycles. The van der Waals surface area contributed by atoms with Gasteiger partial charge in [0.15, 0.2) is 0 Å². The molecule has 0 amide bonds. The summed E-state index contributed by atoms with van der Waals surface area (Å²) in [6, 6.07) is 9.69. The number of benzene rings is 1. The standard InChI is InChI=1S/C17H19NO2/c1-4-10-20-17-12-16(19-11-9-13(2)3)14-7-5-6-8-15(14)18-17/h4-9,12H,1,10-11H2,2-3H3. The third-order valence-corrected chi connectivity index (χ3v) is 2.73. The molecule has 1 heterocycles. The molecule has 3 heteroatoms. The van der Waals surface area contributed by atoms with E-state index in [9.17, 15) is 0 Å². The lowest BCUT2D eigenvalue weighted by atomic mass is 10.2. The molecule has 0 fully saturated rings. The Hall–Kier alpha value is -2.29. The lowest BCUT2D eigenvalue weighted by Gasteiger charge is -2.10. The van der Waals surface area contributed by atoms with Crippen LogP contribution in [0.1, 0.15) is 13.8 Å². The van der Waals surface area contributed by atoms with Crippen molar-refractivity contribution in [3.63, 3.8) is 0 Å². The molecular weight excluding hydrogens is 250 g/mol. The Balaban J connectivity index is 2.33. The highest BCUT2D eigenvalue weighted by Gasteiger charge is 2.07. The number of rotatable bonds is 6. The highest BCUT2D eigenvalue weighted by molar-refractivity contribution is 5.85. The monoisotopic (exact) mass is 269 g/mol. The van der Waals surface area contributed by atoms with Crippen molar-refractivity contribution in [1.29, 1.82) is 0 Å². The highest BCUT2D eigenvalue weighted by Crippen LogP contribution is 2.28. The number of nitrogens with zero attached hydrogens (tertiary/aromatic N) is 1. The summed E-state index contributed by atoms with van der Waals surface area (Å²) in [5, 5.41) is 0.987. The Morgan fingerprint density at radius 3 is 2.75 bits per heavy atom. The third kappa shape index (κ3) is 3.60. The maximum atomic E-state index is 5.83. The molecule has 0 aliphatic carbocycles. The Morgan fingerprint density at radius 1 is 1.20 bits per heavy atom. The van der Waals surface area contributed by atoms with Crippen molar-refractivity contribution in [2.75, 3.05) is 13.2 Å². The maximum Gasteiger partial charge on any atom is 0.217 e. The normalized spacial score (nSPS) is 10.1. The van der Waals surface area contributed by atoms with Gasteiger partial charge in [-0.05, 0) is 32.1 Å². The predicted octanol–water partition coefficient (Wildman–Crippen LogP) is 4.14. The lowest BCUT2D eigenvalue weighted by Crippen LogP contribution is -1.99. The summed E-state index contributed by atoms with van der Waals surface area (Å²) in [6.45, 7) is 8.70. The van der Waals surface area contributed by atoms with E-state index in [1.54, 1.807) is 6.08 Å². The molecule has 0 spiro atoms. The Morgan fingerprint density at radius 2 is 2.00 bits per heavy atom. The fraction of sp³-hybridized carbons (Fsp3) is 0.235. The second-order valence-corrected chi connectivity index (χ2v) is 4.67. The Bertz CT molecular complexity index is 628. The highest BCUT2D eigenvalue weighted by atomic mass is 16.5. The lowest BCUT2D eigenvalue weighted by molar-refractivity contribution is 0.338. The number of allylic oxidation sites excluding steroid dienone is 1. The van der Waals surface area contributed by atoms with Gasteiger partial charge in [-0.3, -0.25) is 0 Å². The Kier molecular flexibility index (Phi) is 4.77. The van der Waals surface area contributed by atoms with Crippen LogP contribution in [0.25, 0.3) is 10.9 Å². The number of para-hydroxylation sites is 1. The summed E-state index contributed by atoms with van der Waals surface area (Å²) in [5.41, 5.74) is 2.09. The van der Waals surface area contributed by atoms with Gasteiger partial charge in [0.25, 0.3) is 0 Å². The summed E-state index contributed by atoms with van der Waals surface area (Å²) in [5.74, 6) is 1.34. The van der Waals surface area contributed by atoms with Crippen molar-refractivity contribution in [1.82, 2.24) is 4.98 Å². The quantitative estimate of drug-likeness (QED) is 0.738. The fourth-order valence-electron chi connectivity index (χ4n) is 1.76. The van der Waals surface area contributed by atoms with Gasteiger partial charge in [0, 0.05) is 11.5 Å². The minimum atomic E-state index is 0.429. The first-order valence-electron chi connectivity index (χ1n) is 6.60. The molecule has 0 N–H and O–H groups in total. The van der Waals surface area contributed by atoms with Crippen LogP contribution in [-0.4, -0.2) is 18.2 Å². The van der Waals surface area contributed by atoms with Crippen LogP contribution < -0.4 is 9.47 Å². The van der Waals surface area contributed by atoms with Crippen LogP contribution in [-0.2, 0) is 0 Å². The molecule has 0 saturated heterocycles. The molecule has 1 aromatic carbocycles. The van der Waals surface area contributed by atoms with Gasteiger partial charge in [-0.2, -0.15) is 0 Å². The molecule has 20 heavy (non-hydrogen) atoms. The fourth-order valence-corrected chi connectivity index (χ4v) is 1.76. The van der Waals surface area contributed by atoms with Crippen molar-refractivity contribution in [2.45, 2.75) is 13.8 Å². The van der Waals surface area contributed by atoms with Gasteiger partial charge in [0.2, 0.25) is 5.88 Å². The molecule has 0 aliphatic rings. The molecule has 3 nitrogen and oxygen atoms in total. The van der Waals surface area contributed by atoms with E-state index in [-0.39, 0.29) is 0 Å². The maximum absolute atomic E-state index is 5.83. The van der Waals surface area contributed by atoms with E-state index in [2.05, 4.69) is 11.6 Å². The number of pyridine rings is 1. The molecule has 2 rings (SSSR count). The first-order chi connectivity index (χ1) is 9.70. The zero-order valence-electron chi connectivity index (χ0n) is 11.9. The molecule has 2 aromatic rings. The van der Waals surface area contributed by atoms with Crippen LogP contribution in [0.5, 0.6) is 11.6 Å². The zero-order valence-corrected chi connectivity index (χ0v) is 11.9. The average Bonchev–Trinajstić information content (AvgIpc) is 2.44. The van der Waals surface area contributed by atoms with Crippen LogP contribution in [0.3, 0.4) is 0 Å². The van der Waals surface area contributed by atoms with E-state index in [4.69, 9.17) is 9.47 Å². The Labute approximate surface area is 119 Å². The van der Waals surface area contributed by atoms with Crippen LogP contribution >= 0.6 is 0 Å². The molecule has 0 unspecified atom stereocenters. The van der Waals surface area contributed by atoms with Gasteiger partial charge in [-0.15, -0.1) is 0 Å². The van der Waals surface area contributed by atoms with Crippen LogP contribution in [0.15, 0.2) is 54.6 Å². The van der Waals surface area contributed by atoms with Crippen molar-refractivity contribution < 1.29 is 9.47 Å². The number of hydrogen-bond acceptors (Lipinski definition) is 3. The number of ether oxygens (including phenoxy) is 2.